The van der Waals surface area contributed by atoms with E-state index in [0.717, 1.165) is 0 Å². The maximum Gasteiger partial charge on any atom is 0.277 e. The van der Waals surface area contributed by atoms with E-state index >= 15 is 0 Å². The number of nitrogens with two attached hydrogens (primary N) is 1. The Morgan fingerprint density at radius 2 is 2.07 bits per heavy atom. The van der Waals surface area contributed by atoms with E-state index < -0.39 is 15.7 Å². The van der Waals surface area contributed by atoms with Gasteiger partial charge in [-0.25, -0.2) is 4.72 Å². The zero-order valence-electron chi connectivity index (χ0n) is 9.11. The fourth-order valence-electron chi connectivity index (χ4n) is 0.786. The molecule has 0 fully saturated rings. The second kappa shape index (κ2) is 5.29. The Hall–Kier alpha value is -0.860. The topological polar surface area (TPSA) is 117 Å². The first kappa shape index (κ1) is 14.1. The van der Waals surface area contributed by atoms with Crippen molar-refractivity contribution in [3.05, 3.63) is 0 Å². The van der Waals surface area contributed by atoms with E-state index in [0.29, 0.717) is 13.0 Å². The van der Waals surface area contributed by atoms with Crippen molar-refractivity contribution < 1.29 is 13.6 Å². The molecule has 0 aliphatic heterocycles. The van der Waals surface area contributed by atoms with Gasteiger partial charge in [0.25, 0.3) is 10.2 Å². The van der Waals surface area contributed by atoms with Crippen molar-refractivity contribution in [2.24, 2.45) is 10.9 Å². The maximum absolute atomic E-state index is 11.4. The Labute approximate surface area is 89.9 Å². The highest BCUT2D eigenvalue weighted by atomic mass is 32.2. The van der Waals surface area contributed by atoms with Gasteiger partial charge >= 0.3 is 0 Å². The van der Waals surface area contributed by atoms with Gasteiger partial charge in [-0.15, -0.1) is 0 Å². The van der Waals surface area contributed by atoms with E-state index in [1.54, 1.807) is 0 Å². The molecular weight excluding hydrogens is 220 g/mol. The van der Waals surface area contributed by atoms with Gasteiger partial charge in [0.15, 0.2) is 5.84 Å². The lowest BCUT2D eigenvalue weighted by Gasteiger charge is -2.24. The Bertz CT molecular complexity index is 323. The molecule has 90 valence electrons. The normalized spacial score (nSPS) is 14.2. The Morgan fingerprint density at radius 3 is 2.47 bits per heavy atom. The second-order valence-corrected chi connectivity index (χ2v) is 5.11. The molecule has 0 saturated carbocycles. The van der Waals surface area contributed by atoms with E-state index in [4.69, 9.17) is 10.9 Å². The van der Waals surface area contributed by atoms with Gasteiger partial charge in [-0.1, -0.05) is 12.1 Å². The van der Waals surface area contributed by atoms with Crippen LogP contribution >= 0.6 is 0 Å². The average molecular weight is 238 g/mol. The summed E-state index contributed by atoms with van der Waals surface area (Å²) >= 11 is 0. The lowest BCUT2D eigenvalue weighted by molar-refractivity contribution is 0.312. The molecular formula is C7H18N4O3S. The summed E-state index contributed by atoms with van der Waals surface area (Å²) in [6.07, 6.45) is 0.685. The number of amidine groups is 1. The summed E-state index contributed by atoms with van der Waals surface area (Å²) in [4.78, 5) is 0. The van der Waals surface area contributed by atoms with Crippen LogP contribution in [0.3, 0.4) is 0 Å². The van der Waals surface area contributed by atoms with Gasteiger partial charge in [-0.2, -0.15) is 13.1 Å². The van der Waals surface area contributed by atoms with Crippen molar-refractivity contribution in [2.75, 3.05) is 6.54 Å². The van der Waals surface area contributed by atoms with Crippen molar-refractivity contribution in [3.8, 4) is 0 Å². The summed E-state index contributed by atoms with van der Waals surface area (Å²) < 4.78 is 27.4. The van der Waals surface area contributed by atoms with Crippen LogP contribution in [0.4, 0.5) is 0 Å². The molecule has 0 atom stereocenters. The van der Waals surface area contributed by atoms with Crippen molar-refractivity contribution in [1.29, 1.82) is 0 Å². The fourth-order valence-corrected chi connectivity index (χ4v) is 2.11. The quantitative estimate of drug-likeness (QED) is 0.213. The molecule has 0 aliphatic rings. The zero-order valence-corrected chi connectivity index (χ0v) is 9.93. The van der Waals surface area contributed by atoms with Crippen molar-refractivity contribution in [3.63, 3.8) is 0 Å². The van der Waals surface area contributed by atoms with Gasteiger partial charge in [-0.3, -0.25) is 0 Å². The number of nitrogens with one attached hydrogen (secondary N) is 2. The molecule has 0 spiro atoms. The van der Waals surface area contributed by atoms with Crippen LogP contribution in [0.15, 0.2) is 5.16 Å². The smallest absolute Gasteiger partial charge is 0.277 e. The minimum absolute atomic E-state index is 0.204. The summed E-state index contributed by atoms with van der Waals surface area (Å²) in [5, 5.41) is 11.2. The van der Waals surface area contributed by atoms with Crippen LogP contribution in [0.5, 0.6) is 0 Å². The third-order valence-corrected chi connectivity index (χ3v) is 3.04. The number of oxime groups is 1. The Morgan fingerprint density at radius 1 is 1.53 bits per heavy atom. The van der Waals surface area contributed by atoms with Gasteiger partial charge in [0, 0.05) is 6.54 Å². The van der Waals surface area contributed by atoms with Crippen LogP contribution in [0.2, 0.25) is 0 Å². The molecule has 0 aromatic heterocycles. The van der Waals surface area contributed by atoms with Crippen molar-refractivity contribution >= 4 is 16.0 Å². The highest BCUT2D eigenvalue weighted by Crippen LogP contribution is 2.03. The monoisotopic (exact) mass is 238 g/mol. The molecule has 0 rings (SSSR count). The molecule has 7 nitrogen and oxygen atoms in total. The van der Waals surface area contributed by atoms with E-state index in [1.165, 1.54) is 13.8 Å². The van der Waals surface area contributed by atoms with E-state index in [2.05, 4.69) is 14.6 Å². The minimum Gasteiger partial charge on any atom is -0.409 e. The molecule has 0 amide bonds. The van der Waals surface area contributed by atoms with Gasteiger partial charge in [0.2, 0.25) is 0 Å². The van der Waals surface area contributed by atoms with Gasteiger partial charge in [-0.05, 0) is 20.3 Å². The molecule has 0 bridgehead atoms. The molecule has 5 N–H and O–H groups in total. The van der Waals surface area contributed by atoms with E-state index in [9.17, 15) is 8.42 Å². The van der Waals surface area contributed by atoms with Gasteiger partial charge < -0.3 is 10.9 Å². The molecule has 0 heterocycles. The lowest BCUT2D eigenvalue weighted by Crippen LogP contribution is -2.56. The second-order valence-electron chi connectivity index (χ2n) is 3.61. The number of hydrogen-bond acceptors (Lipinski definition) is 4. The molecule has 15 heavy (non-hydrogen) atoms. The summed E-state index contributed by atoms with van der Waals surface area (Å²) in [6, 6.07) is 0. The average Bonchev–Trinajstić information content (AvgIpc) is 2.11. The summed E-state index contributed by atoms with van der Waals surface area (Å²) in [5.74, 6) is -0.204. The molecule has 0 aromatic carbocycles. The zero-order chi connectivity index (χ0) is 12.1. The lowest BCUT2D eigenvalue weighted by atomic mass is 10.1. The van der Waals surface area contributed by atoms with Gasteiger partial charge in [0.05, 0.1) is 5.54 Å². The Kier molecular flexibility index (Phi) is 4.98. The largest absolute Gasteiger partial charge is 0.409 e. The van der Waals surface area contributed by atoms with Crippen molar-refractivity contribution in [1.82, 2.24) is 9.44 Å². The molecule has 0 saturated heterocycles. The fraction of sp³-hybridized carbons (Fsp3) is 0.857. The van der Waals surface area contributed by atoms with Crippen LogP contribution in [-0.2, 0) is 10.2 Å². The van der Waals surface area contributed by atoms with Crippen LogP contribution in [0.25, 0.3) is 0 Å². The number of rotatable bonds is 6. The SMILES string of the molecule is CCCNS(=O)(=O)NC(C)(C)C(N)=NO. The van der Waals surface area contributed by atoms with Gasteiger partial charge in [0.1, 0.15) is 0 Å². The Balaban J connectivity index is 4.58. The minimum atomic E-state index is -3.63. The number of nitrogens with zero attached hydrogens (tertiary/aromatic N) is 1. The predicted octanol–water partition coefficient (Wildman–Crippen LogP) is -0.655. The maximum atomic E-state index is 11.4. The molecule has 0 unspecified atom stereocenters. The van der Waals surface area contributed by atoms with E-state index in [-0.39, 0.29) is 5.84 Å². The molecule has 0 radical (unpaired) electrons. The standard InChI is InChI=1S/C7H18N4O3S/c1-4-5-9-15(13,14)11-7(2,3)6(8)10-12/h9,11-12H,4-5H2,1-3H3,(H2,8,10). The molecule has 8 heteroatoms. The highest BCUT2D eigenvalue weighted by Gasteiger charge is 2.28. The summed E-state index contributed by atoms with van der Waals surface area (Å²) in [5.41, 5.74) is 4.20. The first-order chi connectivity index (χ1) is 6.75. The third-order valence-electron chi connectivity index (χ3n) is 1.68. The molecule has 0 aromatic rings. The first-order valence-electron chi connectivity index (χ1n) is 4.51. The first-order valence-corrected chi connectivity index (χ1v) is 6.00. The molecule has 0 aliphatic carbocycles. The van der Waals surface area contributed by atoms with Crippen LogP contribution < -0.4 is 15.2 Å². The van der Waals surface area contributed by atoms with Crippen LogP contribution in [0, 0.1) is 0 Å². The third kappa shape index (κ3) is 4.96. The predicted molar refractivity (Wildman–Crippen MR) is 57.8 cm³/mol. The van der Waals surface area contributed by atoms with Crippen molar-refractivity contribution in [2.45, 2.75) is 32.7 Å². The summed E-state index contributed by atoms with van der Waals surface area (Å²) in [7, 11) is -3.63. The van der Waals surface area contributed by atoms with E-state index in [1.807, 2.05) is 6.92 Å². The number of hydrogen-bond donors (Lipinski definition) is 4. The highest BCUT2D eigenvalue weighted by molar-refractivity contribution is 7.87. The van der Waals surface area contributed by atoms with Crippen LogP contribution in [0.1, 0.15) is 27.2 Å². The summed E-state index contributed by atoms with van der Waals surface area (Å²) in [6.45, 7) is 5.17. The van der Waals surface area contributed by atoms with Crippen LogP contribution in [-0.4, -0.2) is 31.5 Å².